The van der Waals surface area contributed by atoms with Gasteiger partial charge in [0.25, 0.3) is 0 Å². The molecule has 0 aromatic heterocycles. The van der Waals surface area contributed by atoms with Crippen LogP contribution < -0.4 is 0 Å². The summed E-state index contributed by atoms with van der Waals surface area (Å²) in [5.41, 5.74) is 3.09. The summed E-state index contributed by atoms with van der Waals surface area (Å²) in [6.45, 7) is 11.7. The van der Waals surface area contributed by atoms with Crippen LogP contribution in [0.2, 0.25) is 0 Å². The summed E-state index contributed by atoms with van der Waals surface area (Å²) in [5, 5.41) is 11.4. The fraction of sp³-hybridized carbons (Fsp3) is 0.800. The highest BCUT2D eigenvalue weighted by Gasteiger charge is 2.85. The molecule has 5 nitrogen and oxygen atoms in total. The summed E-state index contributed by atoms with van der Waals surface area (Å²) >= 11 is 0. The van der Waals surface area contributed by atoms with Crippen molar-refractivity contribution in [2.75, 3.05) is 6.61 Å². The SMILES string of the molecule is CC1=C2C[C@@](C)(CO[C@H]3OC(=O)[C@]45C[C@@H]6CC(C)(C)CC6=C(C=O)[C@]34C5)C[C@H]2C[C@]2(C)CC[C@]12O. The third kappa shape index (κ3) is 2.53. The van der Waals surface area contributed by atoms with Crippen molar-refractivity contribution in [3.8, 4) is 0 Å². The molecule has 0 aromatic rings. The van der Waals surface area contributed by atoms with Gasteiger partial charge in [-0.1, -0.05) is 38.8 Å². The van der Waals surface area contributed by atoms with Gasteiger partial charge in [0, 0.05) is 11.0 Å². The Bertz CT molecular complexity index is 1130. The molecule has 4 saturated carbocycles. The number of hydrogen-bond acceptors (Lipinski definition) is 5. The van der Waals surface area contributed by atoms with E-state index >= 15 is 0 Å². The van der Waals surface area contributed by atoms with Crippen molar-refractivity contribution in [3.63, 3.8) is 0 Å². The Morgan fingerprint density at radius 2 is 1.77 bits per heavy atom. The highest BCUT2D eigenvalue weighted by atomic mass is 16.7. The van der Waals surface area contributed by atoms with Gasteiger partial charge in [-0.3, -0.25) is 9.59 Å². The quantitative estimate of drug-likeness (QED) is 0.337. The van der Waals surface area contributed by atoms with Crippen LogP contribution in [0, 0.1) is 38.9 Å². The minimum Gasteiger partial charge on any atom is -0.434 e. The van der Waals surface area contributed by atoms with Gasteiger partial charge in [-0.2, -0.15) is 0 Å². The maximum atomic E-state index is 13.2. The van der Waals surface area contributed by atoms with Crippen LogP contribution in [-0.2, 0) is 19.1 Å². The third-order valence-corrected chi connectivity index (χ3v) is 12.1. The number of carbonyl (C=O) groups excluding carboxylic acids is 2. The summed E-state index contributed by atoms with van der Waals surface area (Å²) in [4.78, 5) is 25.7. The maximum absolute atomic E-state index is 13.2. The zero-order chi connectivity index (χ0) is 24.8. The van der Waals surface area contributed by atoms with Crippen molar-refractivity contribution in [2.24, 2.45) is 38.9 Å². The molecule has 5 fully saturated rings. The molecule has 0 bridgehead atoms. The molecule has 1 N–H and O–H groups in total. The van der Waals surface area contributed by atoms with Crippen LogP contribution in [0.5, 0.6) is 0 Å². The fourth-order valence-corrected chi connectivity index (χ4v) is 10.1. The summed E-state index contributed by atoms with van der Waals surface area (Å²) in [6, 6.07) is 0. The Labute approximate surface area is 208 Å². The molecule has 1 aliphatic heterocycles. The van der Waals surface area contributed by atoms with Gasteiger partial charge in [-0.15, -0.1) is 0 Å². The molecular weight excluding hydrogens is 440 g/mol. The molecule has 0 aromatic carbocycles. The second-order valence-corrected chi connectivity index (χ2v) is 14.9. The molecule has 1 heterocycles. The molecule has 0 unspecified atom stereocenters. The van der Waals surface area contributed by atoms with Crippen LogP contribution in [0.3, 0.4) is 0 Å². The second kappa shape index (κ2) is 6.32. The van der Waals surface area contributed by atoms with Crippen LogP contribution in [0.15, 0.2) is 22.3 Å². The Kier molecular flexibility index (Phi) is 4.10. The van der Waals surface area contributed by atoms with E-state index in [2.05, 4.69) is 34.6 Å². The van der Waals surface area contributed by atoms with Crippen molar-refractivity contribution < 1.29 is 24.2 Å². The molecule has 1 saturated heterocycles. The fourth-order valence-electron chi connectivity index (χ4n) is 10.1. The lowest BCUT2D eigenvalue weighted by Gasteiger charge is -2.59. The lowest BCUT2D eigenvalue weighted by molar-refractivity contribution is -0.183. The molecule has 35 heavy (non-hydrogen) atoms. The van der Waals surface area contributed by atoms with Crippen molar-refractivity contribution >= 4 is 12.3 Å². The van der Waals surface area contributed by atoms with Gasteiger partial charge in [-0.05, 0) is 93.0 Å². The lowest BCUT2D eigenvalue weighted by atomic mass is 9.48. The van der Waals surface area contributed by atoms with E-state index in [4.69, 9.17) is 9.47 Å². The van der Waals surface area contributed by atoms with E-state index in [-0.39, 0.29) is 22.2 Å². The Morgan fingerprint density at radius 1 is 1.03 bits per heavy atom. The van der Waals surface area contributed by atoms with E-state index in [1.54, 1.807) is 0 Å². The number of carbonyl (C=O) groups is 2. The lowest BCUT2D eigenvalue weighted by Crippen LogP contribution is -2.59. The molecule has 6 aliphatic carbocycles. The number of cyclic esters (lactones) is 1. The minimum atomic E-state index is -0.653. The Balaban J connectivity index is 1.15. The second-order valence-electron chi connectivity index (χ2n) is 14.9. The first kappa shape index (κ1) is 22.7. The summed E-state index contributed by atoms with van der Waals surface area (Å²) in [6.07, 6.45) is 8.85. The van der Waals surface area contributed by atoms with Crippen molar-refractivity contribution in [3.05, 3.63) is 22.3 Å². The molecule has 7 rings (SSSR count). The molecule has 8 atom stereocenters. The molecule has 7 aliphatic rings. The number of allylic oxidation sites excluding steroid dienone is 2. The van der Waals surface area contributed by atoms with Crippen molar-refractivity contribution in [2.45, 2.75) is 104 Å². The van der Waals surface area contributed by atoms with Gasteiger partial charge in [0.15, 0.2) is 0 Å². The first-order chi connectivity index (χ1) is 16.3. The molecular formula is C30H40O5. The zero-order valence-electron chi connectivity index (χ0n) is 22.0. The van der Waals surface area contributed by atoms with Crippen LogP contribution in [0.25, 0.3) is 0 Å². The van der Waals surface area contributed by atoms with Gasteiger partial charge in [0.05, 0.1) is 23.0 Å². The zero-order valence-corrected chi connectivity index (χ0v) is 22.0. The highest BCUT2D eigenvalue weighted by Crippen LogP contribution is 2.81. The van der Waals surface area contributed by atoms with E-state index in [1.807, 2.05) is 0 Å². The van der Waals surface area contributed by atoms with E-state index in [1.165, 1.54) is 16.7 Å². The standard InChI is InChI=1S/C30H40O5/c1-17-20-13-26(4,9-19(20)10-27(5)6-7-30(17,27)33)16-34-24-29-15-28(29,23(32)35-24)11-18-8-25(2,3)12-21(18)22(29)14-31/h14,18-19,24,33H,6-13,15-16H2,1-5H3/t18-,19-,24-,26-,27-,28+,29+,30-/m0/s1. The predicted octanol–water partition coefficient (Wildman–Crippen LogP) is 5.27. The van der Waals surface area contributed by atoms with Crippen molar-refractivity contribution in [1.29, 1.82) is 0 Å². The molecule has 0 radical (unpaired) electrons. The minimum absolute atomic E-state index is 0.00363. The number of aldehydes is 1. The summed E-state index contributed by atoms with van der Waals surface area (Å²) < 4.78 is 12.5. The monoisotopic (exact) mass is 480 g/mol. The van der Waals surface area contributed by atoms with Crippen LogP contribution in [-0.4, -0.2) is 35.9 Å². The van der Waals surface area contributed by atoms with E-state index in [9.17, 15) is 14.7 Å². The van der Waals surface area contributed by atoms with Gasteiger partial charge in [0.2, 0.25) is 6.29 Å². The molecule has 190 valence electrons. The first-order valence-corrected chi connectivity index (χ1v) is 13.8. The largest absolute Gasteiger partial charge is 0.434 e. The van der Waals surface area contributed by atoms with Gasteiger partial charge >= 0.3 is 5.97 Å². The normalized spacial score (nSPS) is 52.7. The molecule has 0 amide bonds. The number of ether oxygens (including phenoxy) is 2. The van der Waals surface area contributed by atoms with Gasteiger partial charge < -0.3 is 14.6 Å². The van der Waals surface area contributed by atoms with Crippen LogP contribution >= 0.6 is 0 Å². The smallest absolute Gasteiger partial charge is 0.315 e. The first-order valence-electron chi connectivity index (χ1n) is 13.8. The number of hydrogen-bond donors (Lipinski definition) is 1. The topological polar surface area (TPSA) is 72.8 Å². The van der Waals surface area contributed by atoms with Crippen LogP contribution in [0.4, 0.5) is 0 Å². The van der Waals surface area contributed by atoms with Gasteiger partial charge in [0.1, 0.15) is 6.29 Å². The average Bonchev–Trinajstić information content (AvgIpc) is 3.09. The Morgan fingerprint density at radius 3 is 2.46 bits per heavy atom. The van der Waals surface area contributed by atoms with E-state index in [0.29, 0.717) is 24.9 Å². The number of aliphatic hydroxyl groups is 1. The Hall–Kier alpha value is -1.46. The molecule has 0 spiro atoms. The third-order valence-electron chi connectivity index (χ3n) is 12.1. The number of esters is 1. The summed E-state index contributed by atoms with van der Waals surface area (Å²) in [7, 11) is 0. The van der Waals surface area contributed by atoms with Gasteiger partial charge in [-0.25, -0.2) is 0 Å². The highest BCUT2D eigenvalue weighted by molar-refractivity contribution is 5.93. The molecule has 5 heteroatoms. The number of rotatable bonds is 4. The van der Waals surface area contributed by atoms with E-state index in [0.717, 1.165) is 63.2 Å². The summed E-state index contributed by atoms with van der Waals surface area (Å²) in [5.74, 6) is 0.670. The van der Waals surface area contributed by atoms with Crippen LogP contribution in [0.1, 0.15) is 92.4 Å². The predicted molar refractivity (Wildman–Crippen MR) is 130 cm³/mol. The number of fused-ring (bicyclic) bond motifs is 3. The maximum Gasteiger partial charge on any atom is 0.315 e. The average molecular weight is 481 g/mol. The van der Waals surface area contributed by atoms with Crippen molar-refractivity contribution in [1.82, 2.24) is 0 Å². The van der Waals surface area contributed by atoms with E-state index < -0.39 is 22.7 Å².